The number of rotatable bonds is 12. The fourth-order valence-electron chi connectivity index (χ4n) is 6.44. The fourth-order valence-corrected chi connectivity index (χ4v) is 6.44. The van der Waals surface area contributed by atoms with E-state index in [1.54, 1.807) is 36.2 Å². The first kappa shape index (κ1) is 32.4. The summed E-state index contributed by atoms with van der Waals surface area (Å²) in [6.07, 6.45) is 3.37. The number of aliphatic hydroxyl groups is 1. The lowest BCUT2D eigenvalue weighted by Crippen LogP contribution is -2.75. The molecule has 2 aromatic carbocycles. The maximum absolute atomic E-state index is 13.7. The average Bonchev–Trinajstić information content (AvgIpc) is 3.04. The van der Waals surface area contributed by atoms with Gasteiger partial charge in [-0.15, -0.1) is 0 Å². The van der Waals surface area contributed by atoms with Crippen molar-refractivity contribution in [3.63, 3.8) is 0 Å². The molecule has 1 spiro atoms. The Morgan fingerprint density at radius 1 is 0.953 bits per heavy atom. The van der Waals surface area contributed by atoms with E-state index < -0.39 is 17.7 Å². The van der Waals surface area contributed by atoms with Crippen molar-refractivity contribution in [2.75, 3.05) is 26.7 Å². The van der Waals surface area contributed by atoms with Gasteiger partial charge in [0.2, 0.25) is 11.8 Å². The number of hydrogen-bond donors (Lipinski definition) is 3. The fraction of sp³-hybridized carbons (Fsp3) is 0.529. The van der Waals surface area contributed by atoms with Crippen LogP contribution in [-0.4, -0.2) is 82.8 Å². The topological polar surface area (TPSA) is 119 Å². The SMILES string of the molecule is CCCCN1C(=O)[C@@H]([C@H](O)C(CC)CC)NC(=O)C12CCN(Cc1ccc(C(=O)c3ccc(C(=O)NC)cc3)cc1)CC2. The number of benzene rings is 2. The van der Waals surface area contributed by atoms with E-state index in [2.05, 4.69) is 22.5 Å². The molecule has 2 heterocycles. The zero-order chi connectivity index (χ0) is 31.1. The number of nitrogens with one attached hydrogen (secondary N) is 2. The number of amides is 3. The smallest absolute Gasteiger partial charge is 0.251 e. The number of aliphatic hydroxyl groups excluding tert-OH is 1. The van der Waals surface area contributed by atoms with Gasteiger partial charge in [0.15, 0.2) is 5.78 Å². The van der Waals surface area contributed by atoms with Crippen molar-refractivity contribution in [1.29, 1.82) is 0 Å². The highest BCUT2D eigenvalue weighted by Gasteiger charge is 2.55. The van der Waals surface area contributed by atoms with E-state index >= 15 is 0 Å². The number of unbranched alkanes of at least 4 members (excludes halogenated alkanes) is 1. The van der Waals surface area contributed by atoms with Gasteiger partial charge in [0.1, 0.15) is 11.6 Å². The van der Waals surface area contributed by atoms with Gasteiger partial charge in [-0.1, -0.05) is 76.4 Å². The summed E-state index contributed by atoms with van der Waals surface area (Å²) in [5.74, 6) is -0.665. The second-order valence-electron chi connectivity index (χ2n) is 11.9. The first-order valence-electron chi connectivity index (χ1n) is 15.7. The van der Waals surface area contributed by atoms with Gasteiger partial charge >= 0.3 is 0 Å². The van der Waals surface area contributed by atoms with Gasteiger partial charge in [-0.3, -0.25) is 24.1 Å². The summed E-state index contributed by atoms with van der Waals surface area (Å²) < 4.78 is 0. The quantitative estimate of drug-likeness (QED) is 0.326. The lowest BCUT2D eigenvalue weighted by molar-refractivity contribution is -0.165. The minimum absolute atomic E-state index is 0.0468. The molecule has 0 aromatic heterocycles. The van der Waals surface area contributed by atoms with Gasteiger partial charge in [0.05, 0.1) is 6.10 Å². The number of ketones is 1. The third-order valence-corrected chi connectivity index (χ3v) is 9.31. The molecule has 0 bridgehead atoms. The molecule has 9 heteroatoms. The van der Waals surface area contributed by atoms with E-state index in [0.29, 0.717) is 55.7 Å². The molecule has 2 aliphatic heterocycles. The van der Waals surface area contributed by atoms with E-state index in [-0.39, 0.29) is 29.4 Å². The van der Waals surface area contributed by atoms with Crippen LogP contribution >= 0.6 is 0 Å². The number of piperidine rings is 1. The molecule has 2 atom stereocenters. The summed E-state index contributed by atoms with van der Waals surface area (Å²) >= 11 is 0. The first-order chi connectivity index (χ1) is 20.7. The van der Waals surface area contributed by atoms with Crippen LogP contribution < -0.4 is 10.6 Å². The third-order valence-electron chi connectivity index (χ3n) is 9.31. The molecule has 9 nitrogen and oxygen atoms in total. The number of likely N-dealkylation sites (tertiary alicyclic amines) is 1. The Morgan fingerprint density at radius 2 is 1.51 bits per heavy atom. The third kappa shape index (κ3) is 6.83. The van der Waals surface area contributed by atoms with Crippen molar-refractivity contribution in [2.24, 2.45) is 5.92 Å². The molecule has 0 saturated carbocycles. The molecular formula is C34H46N4O5. The molecule has 3 N–H and O–H groups in total. The lowest BCUT2D eigenvalue weighted by Gasteiger charge is -2.52. The van der Waals surface area contributed by atoms with E-state index in [1.807, 2.05) is 38.1 Å². The second kappa shape index (κ2) is 14.3. The highest BCUT2D eigenvalue weighted by atomic mass is 16.3. The standard InChI is InChI=1S/C34H46N4O5/c1-5-8-19-38-32(42)28(30(40)24(6-2)7-3)36-33(43)34(38)17-20-37(21-18-34)22-23-9-11-25(12-10-23)29(39)26-13-15-27(16-14-26)31(41)35-4/h9-16,24,28,30,40H,5-8,17-22H2,1-4H3,(H,35,41)(H,36,43)/t28-,30-/m1/s1. The van der Waals surface area contributed by atoms with E-state index in [0.717, 1.165) is 31.2 Å². The highest BCUT2D eigenvalue weighted by Crippen LogP contribution is 2.35. The molecule has 2 aromatic rings. The molecule has 43 heavy (non-hydrogen) atoms. The number of piperazine rings is 1. The maximum atomic E-state index is 13.7. The van der Waals surface area contributed by atoms with Gasteiger partial charge in [-0.25, -0.2) is 0 Å². The van der Waals surface area contributed by atoms with Crippen molar-refractivity contribution in [3.8, 4) is 0 Å². The Balaban J connectivity index is 1.40. The van der Waals surface area contributed by atoms with Gasteiger partial charge in [0.25, 0.3) is 5.91 Å². The van der Waals surface area contributed by atoms with Crippen molar-refractivity contribution < 1.29 is 24.3 Å². The van der Waals surface area contributed by atoms with Crippen LogP contribution in [0.5, 0.6) is 0 Å². The van der Waals surface area contributed by atoms with Crippen LogP contribution in [0.15, 0.2) is 48.5 Å². The van der Waals surface area contributed by atoms with Crippen LogP contribution in [0, 0.1) is 5.92 Å². The van der Waals surface area contributed by atoms with Crippen LogP contribution in [0.1, 0.15) is 91.1 Å². The average molecular weight is 591 g/mol. The van der Waals surface area contributed by atoms with Gasteiger partial charge in [-0.2, -0.15) is 0 Å². The van der Waals surface area contributed by atoms with Crippen molar-refractivity contribution in [1.82, 2.24) is 20.4 Å². The highest BCUT2D eigenvalue weighted by molar-refractivity contribution is 6.09. The summed E-state index contributed by atoms with van der Waals surface area (Å²) in [6.45, 7) is 8.56. The van der Waals surface area contributed by atoms with Crippen LogP contribution in [0.2, 0.25) is 0 Å². The zero-order valence-electron chi connectivity index (χ0n) is 25.9. The van der Waals surface area contributed by atoms with Crippen molar-refractivity contribution in [2.45, 2.75) is 83.5 Å². The molecule has 3 amide bonds. The monoisotopic (exact) mass is 590 g/mol. The molecule has 2 fully saturated rings. The molecule has 0 aliphatic carbocycles. The Morgan fingerprint density at radius 3 is 2.05 bits per heavy atom. The Bertz CT molecular complexity index is 1280. The van der Waals surface area contributed by atoms with Crippen LogP contribution in [0.4, 0.5) is 0 Å². The van der Waals surface area contributed by atoms with E-state index in [4.69, 9.17) is 0 Å². The largest absolute Gasteiger partial charge is 0.390 e. The minimum Gasteiger partial charge on any atom is -0.390 e. The normalized spacial score (nSPS) is 19.4. The first-order valence-corrected chi connectivity index (χ1v) is 15.7. The second-order valence-corrected chi connectivity index (χ2v) is 11.9. The minimum atomic E-state index is -0.898. The number of carbonyl (C=O) groups excluding carboxylic acids is 4. The predicted octanol–water partition coefficient (Wildman–Crippen LogP) is 3.54. The summed E-state index contributed by atoms with van der Waals surface area (Å²) in [7, 11) is 1.57. The molecule has 0 radical (unpaired) electrons. The summed E-state index contributed by atoms with van der Waals surface area (Å²) in [5, 5.41) is 16.5. The summed E-state index contributed by atoms with van der Waals surface area (Å²) in [6, 6.07) is 13.2. The Hall–Kier alpha value is -3.56. The van der Waals surface area contributed by atoms with Crippen molar-refractivity contribution >= 4 is 23.5 Å². The van der Waals surface area contributed by atoms with Crippen LogP contribution in [0.25, 0.3) is 0 Å². The molecule has 2 saturated heterocycles. The molecule has 2 aliphatic rings. The van der Waals surface area contributed by atoms with E-state index in [9.17, 15) is 24.3 Å². The van der Waals surface area contributed by atoms with E-state index in [1.165, 1.54) is 0 Å². The Labute approximate surface area is 255 Å². The molecule has 4 rings (SSSR count). The number of hydrogen-bond acceptors (Lipinski definition) is 6. The molecule has 0 unspecified atom stereocenters. The Kier molecular flexibility index (Phi) is 10.7. The van der Waals surface area contributed by atoms with Gasteiger partial charge in [-0.05, 0) is 42.9 Å². The number of carbonyl (C=O) groups is 4. The number of nitrogens with zero attached hydrogens (tertiary/aromatic N) is 2. The van der Waals surface area contributed by atoms with Crippen LogP contribution in [-0.2, 0) is 16.1 Å². The maximum Gasteiger partial charge on any atom is 0.251 e. The van der Waals surface area contributed by atoms with Gasteiger partial charge < -0.3 is 20.6 Å². The zero-order valence-corrected chi connectivity index (χ0v) is 25.9. The lowest BCUT2D eigenvalue weighted by atomic mass is 9.79. The van der Waals surface area contributed by atoms with Gasteiger partial charge in [0, 0.05) is 49.9 Å². The molecule has 232 valence electrons. The summed E-state index contributed by atoms with van der Waals surface area (Å²) in [4.78, 5) is 56.2. The van der Waals surface area contributed by atoms with Crippen LogP contribution in [0.3, 0.4) is 0 Å². The van der Waals surface area contributed by atoms with Crippen molar-refractivity contribution in [3.05, 3.63) is 70.8 Å². The summed E-state index contributed by atoms with van der Waals surface area (Å²) in [5.41, 5.74) is 1.76. The predicted molar refractivity (Wildman–Crippen MR) is 166 cm³/mol. The molecular weight excluding hydrogens is 544 g/mol.